The van der Waals surface area contributed by atoms with Gasteiger partial charge in [0.05, 0.1) is 6.04 Å². The Morgan fingerprint density at radius 1 is 1.43 bits per heavy atom. The van der Waals surface area contributed by atoms with Gasteiger partial charge in [-0.15, -0.1) is 0 Å². The molecule has 0 aromatic carbocycles. The summed E-state index contributed by atoms with van der Waals surface area (Å²) in [5.41, 5.74) is 0. The van der Waals surface area contributed by atoms with Crippen molar-refractivity contribution in [3.8, 4) is 0 Å². The first-order valence-electron chi connectivity index (χ1n) is 4.65. The maximum absolute atomic E-state index is 11.0. The average molecular weight is 203 g/mol. The van der Waals surface area contributed by atoms with E-state index in [2.05, 4.69) is 5.32 Å². The Labute approximate surface area is 83.1 Å². The second-order valence-corrected chi connectivity index (χ2v) is 3.19. The molecule has 0 fully saturated rings. The van der Waals surface area contributed by atoms with Crippen LogP contribution in [-0.2, 0) is 9.59 Å². The summed E-state index contributed by atoms with van der Waals surface area (Å²) in [4.78, 5) is 21.7. The lowest BCUT2D eigenvalue weighted by atomic mass is 10.1. The molecule has 0 heterocycles. The number of aliphatic carboxylic acids is 1. The summed E-state index contributed by atoms with van der Waals surface area (Å²) in [5, 5.41) is 20.0. The van der Waals surface area contributed by atoms with E-state index in [0.29, 0.717) is 6.42 Å². The summed E-state index contributed by atoms with van der Waals surface area (Å²) >= 11 is 0. The number of aliphatic hydroxyl groups excluding tert-OH is 1. The van der Waals surface area contributed by atoms with E-state index in [0.717, 1.165) is 6.42 Å². The Morgan fingerprint density at radius 3 is 2.36 bits per heavy atom. The van der Waals surface area contributed by atoms with Crippen LogP contribution in [0.1, 0.15) is 26.7 Å². The number of aliphatic hydroxyl groups is 1. The van der Waals surface area contributed by atoms with Gasteiger partial charge in [0.15, 0.2) is 5.78 Å². The first-order valence-corrected chi connectivity index (χ1v) is 4.65. The van der Waals surface area contributed by atoms with Gasteiger partial charge < -0.3 is 10.2 Å². The lowest BCUT2D eigenvalue weighted by Gasteiger charge is -2.17. The van der Waals surface area contributed by atoms with Crippen LogP contribution in [0.25, 0.3) is 0 Å². The van der Waals surface area contributed by atoms with Crippen molar-refractivity contribution in [1.82, 2.24) is 5.32 Å². The summed E-state index contributed by atoms with van der Waals surface area (Å²) in [7, 11) is 0. The SMILES string of the molecule is CCCC(NC(C)C(=O)CO)C(=O)O. The zero-order chi connectivity index (χ0) is 11.1. The molecular weight excluding hydrogens is 186 g/mol. The summed E-state index contributed by atoms with van der Waals surface area (Å²) in [6.07, 6.45) is 1.20. The zero-order valence-electron chi connectivity index (χ0n) is 8.49. The molecule has 0 radical (unpaired) electrons. The summed E-state index contributed by atoms with van der Waals surface area (Å²) < 4.78 is 0. The number of nitrogens with one attached hydrogen (secondary N) is 1. The Balaban J connectivity index is 4.15. The summed E-state index contributed by atoms with van der Waals surface area (Å²) in [6, 6.07) is -1.34. The summed E-state index contributed by atoms with van der Waals surface area (Å²) in [6.45, 7) is 2.85. The molecule has 3 N–H and O–H groups in total. The third-order valence-corrected chi connectivity index (χ3v) is 1.97. The number of hydrogen-bond donors (Lipinski definition) is 3. The molecule has 0 amide bonds. The van der Waals surface area contributed by atoms with Crippen LogP contribution in [0.4, 0.5) is 0 Å². The Morgan fingerprint density at radius 2 is 2.00 bits per heavy atom. The van der Waals surface area contributed by atoms with Gasteiger partial charge in [0.2, 0.25) is 0 Å². The van der Waals surface area contributed by atoms with Gasteiger partial charge >= 0.3 is 5.97 Å². The van der Waals surface area contributed by atoms with E-state index < -0.39 is 30.4 Å². The second-order valence-electron chi connectivity index (χ2n) is 3.19. The van der Waals surface area contributed by atoms with E-state index in [1.165, 1.54) is 0 Å². The number of carboxylic acid groups (broad SMARTS) is 1. The molecule has 14 heavy (non-hydrogen) atoms. The quantitative estimate of drug-likeness (QED) is 0.532. The molecule has 0 rings (SSSR count). The largest absolute Gasteiger partial charge is 0.480 e. The Bertz CT molecular complexity index is 205. The predicted molar refractivity (Wildman–Crippen MR) is 51.0 cm³/mol. The van der Waals surface area contributed by atoms with Crippen molar-refractivity contribution in [3.05, 3.63) is 0 Å². The van der Waals surface area contributed by atoms with E-state index in [1.807, 2.05) is 6.92 Å². The zero-order valence-corrected chi connectivity index (χ0v) is 8.49. The van der Waals surface area contributed by atoms with E-state index in [1.54, 1.807) is 6.92 Å². The van der Waals surface area contributed by atoms with Gasteiger partial charge in [-0.2, -0.15) is 0 Å². The van der Waals surface area contributed by atoms with Gasteiger partial charge in [0.25, 0.3) is 0 Å². The molecule has 2 atom stereocenters. The van der Waals surface area contributed by atoms with Crippen molar-refractivity contribution < 1.29 is 19.8 Å². The van der Waals surface area contributed by atoms with Gasteiger partial charge in [0.1, 0.15) is 12.6 Å². The minimum atomic E-state index is -0.968. The number of carbonyl (C=O) groups is 2. The standard InChI is InChI=1S/C9H17NO4/c1-3-4-7(9(13)14)10-6(2)8(12)5-11/h6-7,10-11H,3-5H2,1-2H3,(H,13,14). The molecule has 82 valence electrons. The molecule has 0 aromatic rings. The maximum atomic E-state index is 11.0. The summed E-state index contributed by atoms with van der Waals surface area (Å²) in [5.74, 6) is -1.36. The van der Waals surface area contributed by atoms with Crippen molar-refractivity contribution in [3.63, 3.8) is 0 Å². The van der Waals surface area contributed by atoms with Gasteiger partial charge in [-0.1, -0.05) is 13.3 Å². The highest BCUT2D eigenvalue weighted by atomic mass is 16.4. The van der Waals surface area contributed by atoms with Crippen molar-refractivity contribution in [2.75, 3.05) is 6.61 Å². The van der Waals surface area contributed by atoms with Gasteiger partial charge in [0, 0.05) is 0 Å². The number of carboxylic acids is 1. The van der Waals surface area contributed by atoms with Crippen LogP contribution in [-0.4, -0.2) is 40.7 Å². The van der Waals surface area contributed by atoms with Crippen molar-refractivity contribution in [2.24, 2.45) is 0 Å². The molecule has 0 aromatic heterocycles. The van der Waals surface area contributed by atoms with Crippen LogP contribution >= 0.6 is 0 Å². The fourth-order valence-corrected chi connectivity index (χ4v) is 1.10. The lowest BCUT2D eigenvalue weighted by Crippen LogP contribution is -2.46. The molecular formula is C9H17NO4. The van der Waals surface area contributed by atoms with Gasteiger partial charge in [-0.25, -0.2) is 0 Å². The lowest BCUT2D eigenvalue weighted by molar-refractivity contribution is -0.140. The van der Waals surface area contributed by atoms with Crippen LogP contribution in [0.5, 0.6) is 0 Å². The van der Waals surface area contributed by atoms with Crippen LogP contribution in [0.2, 0.25) is 0 Å². The molecule has 0 aliphatic rings. The number of carbonyl (C=O) groups excluding carboxylic acids is 1. The number of hydrogen-bond acceptors (Lipinski definition) is 4. The fraction of sp³-hybridized carbons (Fsp3) is 0.778. The smallest absolute Gasteiger partial charge is 0.320 e. The van der Waals surface area contributed by atoms with Crippen molar-refractivity contribution in [1.29, 1.82) is 0 Å². The molecule has 0 aliphatic carbocycles. The molecule has 0 aliphatic heterocycles. The Hall–Kier alpha value is -0.940. The minimum Gasteiger partial charge on any atom is -0.480 e. The average Bonchev–Trinajstić information content (AvgIpc) is 2.15. The van der Waals surface area contributed by atoms with E-state index in [9.17, 15) is 9.59 Å². The monoisotopic (exact) mass is 203 g/mol. The van der Waals surface area contributed by atoms with Crippen molar-refractivity contribution >= 4 is 11.8 Å². The van der Waals surface area contributed by atoms with Gasteiger partial charge in [-0.3, -0.25) is 14.9 Å². The first kappa shape index (κ1) is 13.1. The molecule has 0 saturated heterocycles. The second kappa shape index (κ2) is 6.50. The third kappa shape index (κ3) is 4.34. The third-order valence-electron chi connectivity index (χ3n) is 1.97. The molecule has 0 bridgehead atoms. The minimum absolute atomic E-state index is 0.396. The maximum Gasteiger partial charge on any atom is 0.320 e. The van der Waals surface area contributed by atoms with Crippen LogP contribution < -0.4 is 5.32 Å². The highest BCUT2D eigenvalue weighted by Crippen LogP contribution is 1.99. The van der Waals surface area contributed by atoms with E-state index in [4.69, 9.17) is 10.2 Å². The normalized spacial score (nSPS) is 14.8. The predicted octanol–water partition coefficient (Wildman–Crippen LogP) is -0.221. The first-order chi connectivity index (χ1) is 6.52. The van der Waals surface area contributed by atoms with E-state index >= 15 is 0 Å². The van der Waals surface area contributed by atoms with Gasteiger partial charge in [-0.05, 0) is 13.3 Å². The van der Waals surface area contributed by atoms with E-state index in [-0.39, 0.29) is 0 Å². The number of rotatable bonds is 7. The van der Waals surface area contributed by atoms with Crippen LogP contribution in [0.3, 0.4) is 0 Å². The molecule has 0 saturated carbocycles. The Kier molecular flexibility index (Phi) is 6.07. The molecule has 5 heteroatoms. The fourth-order valence-electron chi connectivity index (χ4n) is 1.10. The number of ketones is 1. The molecule has 2 unspecified atom stereocenters. The van der Waals surface area contributed by atoms with Crippen LogP contribution in [0.15, 0.2) is 0 Å². The van der Waals surface area contributed by atoms with Crippen LogP contribution in [0, 0.1) is 0 Å². The van der Waals surface area contributed by atoms with Crippen molar-refractivity contribution in [2.45, 2.75) is 38.8 Å². The highest BCUT2D eigenvalue weighted by Gasteiger charge is 2.21. The number of Topliss-reactive ketones (excluding diaryl/α,β-unsaturated/α-hetero) is 1. The molecule has 0 spiro atoms. The highest BCUT2D eigenvalue weighted by molar-refractivity contribution is 5.85. The topological polar surface area (TPSA) is 86.6 Å². The molecule has 5 nitrogen and oxygen atoms in total.